The van der Waals surface area contributed by atoms with Crippen LogP contribution in [0.5, 0.6) is 0 Å². The molecule has 0 aliphatic carbocycles. The van der Waals surface area contributed by atoms with E-state index in [1.807, 2.05) is 81.4 Å². The van der Waals surface area contributed by atoms with Gasteiger partial charge in [-0.25, -0.2) is 0 Å². The van der Waals surface area contributed by atoms with Gasteiger partial charge in [-0.2, -0.15) is 0 Å². The Kier molecular flexibility index (Phi) is 6.37. The average Bonchev–Trinajstić information content (AvgIpc) is 3.48. The minimum Gasteiger partial charge on any atom is -0.394 e. The number of nitrogens with one attached hydrogen (secondary N) is 2. The highest BCUT2D eigenvalue weighted by atomic mass is 32.2. The van der Waals surface area contributed by atoms with Crippen molar-refractivity contribution in [3.05, 3.63) is 66.2 Å². The summed E-state index contributed by atoms with van der Waals surface area (Å²) in [5.41, 5.74) is 0.960. The van der Waals surface area contributed by atoms with Crippen LogP contribution in [0.1, 0.15) is 45.2 Å². The van der Waals surface area contributed by atoms with Crippen molar-refractivity contribution in [2.24, 2.45) is 11.8 Å². The smallest absolute Gasteiger partial charge is 0.244 e. The van der Waals surface area contributed by atoms with E-state index in [1.165, 1.54) is 0 Å². The number of para-hydroxylation sites is 1. The summed E-state index contributed by atoms with van der Waals surface area (Å²) in [5.74, 6) is -1.81. The molecule has 0 aromatic heterocycles. The Morgan fingerprint density at radius 2 is 1.72 bits per heavy atom. The molecule has 7 nitrogen and oxygen atoms in total. The van der Waals surface area contributed by atoms with Gasteiger partial charge in [0.2, 0.25) is 17.7 Å². The summed E-state index contributed by atoms with van der Waals surface area (Å²) >= 11 is 1.62. The van der Waals surface area contributed by atoms with Gasteiger partial charge >= 0.3 is 0 Å². The van der Waals surface area contributed by atoms with Crippen LogP contribution in [-0.2, 0) is 14.4 Å². The maximum atomic E-state index is 14.2. The van der Waals surface area contributed by atoms with Crippen LogP contribution in [0.3, 0.4) is 0 Å². The largest absolute Gasteiger partial charge is 0.394 e. The SMILES string of the molecule is CC(C)(C)NC(=O)C1N([C@H](CO)c2ccccc2)C(=O)[C@@H]2[C@H](C(=O)Nc3ccccc3)[C@@H]3CCC12S3. The lowest BCUT2D eigenvalue weighted by Crippen LogP contribution is -2.57. The van der Waals surface area contributed by atoms with E-state index in [2.05, 4.69) is 10.6 Å². The Morgan fingerprint density at radius 1 is 1.08 bits per heavy atom. The first-order valence-electron chi connectivity index (χ1n) is 12.5. The summed E-state index contributed by atoms with van der Waals surface area (Å²) in [7, 11) is 0. The molecule has 2 aromatic carbocycles. The van der Waals surface area contributed by atoms with Gasteiger partial charge in [0.25, 0.3) is 0 Å². The molecule has 3 saturated heterocycles. The molecule has 3 heterocycles. The molecule has 3 aliphatic heterocycles. The highest BCUT2D eigenvalue weighted by molar-refractivity contribution is 8.02. The van der Waals surface area contributed by atoms with Gasteiger partial charge in [-0.05, 0) is 51.3 Å². The summed E-state index contributed by atoms with van der Waals surface area (Å²) in [6, 6.07) is 17.1. The molecule has 3 N–H and O–H groups in total. The number of amides is 3. The van der Waals surface area contributed by atoms with Gasteiger partial charge in [-0.15, -0.1) is 11.8 Å². The zero-order chi connectivity index (χ0) is 25.7. The van der Waals surface area contributed by atoms with Crippen LogP contribution in [0.4, 0.5) is 5.69 Å². The van der Waals surface area contributed by atoms with Crippen molar-refractivity contribution >= 4 is 35.2 Å². The minimum atomic E-state index is -0.781. The normalized spacial score (nSPS) is 29.7. The second kappa shape index (κ2) is 9.23. The quantitative estimate of drug-likeness (QED) is 0.557. The van der Waals surface area contributed by atoms with E-state index in [1.54, 1.807) is 16.7 Å². The third-order valence-corrected chi connectivity index (χ3v) is 9.47. The molecule has 3 fully saturated rings. The lowest BCUT2D eigenvalue weighted by Gasteiger charge is -2.38. The molecule has 0 radical (unpaired) electrons. The number of rotatable bonds is 6. The van der Waals surface area contributed by atoms with E-state index in [9.17, 15) is 19.5 Å². The van der Waals surface area contributed by atoms with Gasteiger partial charge < -0.3 is 20.6 Å². The van der Waals surface area contributed by atoms with Crippen LogP contribution in [0.15, 0.2) is 60.7 Å². The van der Waals surface area contributed by atoms with E-state index >= 15 is 0 Å². The standard InChI is InChI=1S/C28H33N3O4S/c1-27(2,3)30-25(34)23-28-15-14-20(36-28)21(24(33)29-18-12-8-5-9-13-18)22(28)26(35)31(23)19(16-32)17-10-6-4-7-11-17/h4-13,19-23,32H,14-16H2,1-3H3,(H,29,33)(H,30,34)/t19-,20+,21-,22+,23?,28?/m1/s1. The van der Waals surface area contributed by atoms with Crippen LogP contribution >= 0.6 is 11.8 Å². The molecule has 2 aromatic rings. The van der Waals surface area contributed by atoms with E-state index in [0.717, 1.165) is 12.0 Å². The summed E-state index contributed by atoms with van der Waals surface area (Å²) in [4.78, 5) is 43.2. The molecule has 2 unspecified atom stereocenters. The maximum Gasteiger partial charge on any atom is 0.244 e. The molecule has 2 bridgehead atoms. The van der Waals surface area contributed by atoms with E-state index < -0.39 is 34.2 Å². The zero-order valence-electron chi connectivity index (χ0n) is 20.8. The van der Waals surface area contributed by atoms with Crippen LogP contribution in [-0.4, -0.2) is 55.9 Å². The van der Waals surface area contributed by atoms with E-state index in [-0.39, 0.29) is 29.6 Å². The van der Waals surface area contributed by atoms with Crippen molar-refractivity contribution in [3.8, 4) is 0 Å². The number of benzene rings is 2. The second-order valence-corrected chi connectivity index (χ2v) is 12.6. The first kappa shape index (κ1) is 24.8. The van der Waals surface area contributed by atoms with E-state index in [0.29, 0.717) is 12.1 Å². The van der Waals surface area contributed by atoms with Crippen molar-refractivity contribution < 1.29 is 19.5 Å². The molecule has 190 valence electrons. The molecule has 6 atom stereocenters. The number of carbonyl (C=O) groups is 3. The number of carbonyl (C=O) groups excluding carboxylic acids is 3. The lowest BCUT2D eigenvalue weighted by molar-refractivity contribution is -0.142. The number of hydrogen-bond donors (Lipinski definition) is 3. The highest BCUT2D eigenvalue weighted by Gasteiger charge is 2.74. The van der Waals surface area contributed by atoms with Gasteiger partial charge in [0.15, 0.2) is 0 Å². The number of aliphatic hydroxyl groups is 1. The molecule has 3 aliphatic rings. The predicted octanol–water partition coefficient (Wildman–Crippen LogP) is 3.36. The molecule has 5 rings (SSSR count). The Labute approximate surface area is 216 Å². The number of anilines is 1. The predicted molar refractivity (Wildman–Crippen MR) is 140 cm³/mol. The molecular formula is C28H33N3O4S. The maximum absolute atomic E-state index is 14.2. The first-order chi connectivity index (χ1) is 17.2. The topological polar surface area (TPSA) is 98.7 Å². The fraction of sp³-hybridized carbons (Fsp3) is 0.464. The monoisotopic (exact) mass is 507 g/mol. The van der Waals surface area contributed by atoms with Gasteiger partial charge in [-0.1, -0.05) is 48.5 Å². The number of hydrogen-bond acceptors (Lipinski definition) is 5. The van der Waals surface area contributed by atoms with Crippen molar-refractivity contribution in [3.63, 3.8) is 0 Å². The van der Waals surface area contributed by atoms with Crippen LogP contribution in [0.25, 0.3) is 0 Å². The van der Waals surface area contributed by atoms with Gasteiger partial charge in [0.05, 0.1) is 29.2 Å². The first-order valence-corrected chi connectivity index (χ1v) is 13.4. The summed E-state index contributed by atoms with van der Waals surface area (Å²) in [5, 5.41) is 16.5. The Morgan fingerprint density at radius 3 is 2.33 bits per heavy atom. The molecule has 8 heteroatoms. The number of likely N-dealkylation sites (tertiary alicyclic amines) is 1. The van der Waals surface area contributed by atoms with Gasteiger partial charge in [-0.3, -0.25) is 14.4 Å². The minimum absolute atomic E-state index is 0.0287. The van der Waals surface area contributed by atoms with Crippen LogP contribution in [0.2, 0.25) is 0 Å². The third kappa shape index (κ3) is 4.10. The number of thioether (sulfide) groups is 1. The van der Waals surface area contributed by atoms with Crippen molar-refractivity contribution in [2.75, 3.05) is 11.9 Å². The fourth-order valence-electron chi connectivity index (χ4n) is 6.24. The fourth-order valence-corrected chi connectivity index (χ4v) is 8.45. The lowest BCUT2D eigenvalue weighted by atomic mass is 9.70. The Hall–Kier alpha value is -2.84. The third-order valence-electron chi connectivity index (χ3n) is 7.52. The summed E-state index contributed by atoms with van der Waals surface area (Å²) in [6.45, 7) is 5.43. The van der Waals surface area contributed by atoms with Crippen LogP contribution < -0.4 is 10.6 Å². The van der Waals surface area contributed by atoms with Crippen molar-refractivity contribution in [1.29, 1.82) is 0 Å². The van der Waals surface area contributed by atoms with Crippen molar-refractivity contribution in [2.45, 2.75) is 61.2 Å². The summed E-state index contributed by atoms with van der Waals surface area (Å²) in [6.07, 6.45) is 1.45. The highest BCUT2D eigenvalue weighted by Crippen LogP contribution is 2.67. The number of nitrogens with zero attached hydrogens (tertiary/aromatic N) is 1. The molecule has 0 saturated carbocycles. The Balaban J connectivity index is 1.56. The molecule has 1 spiro atoms. The number of aliphatic hydroxyl groups excluding tert-OH is 1. The average molecular weight is 508 g/mol. The second-order valence-electron chi connectivity index (χ2n) is 11.0. The van der Waals surface area contributed by atoms with E-state index in [4.69, 9.17) is 0 Å². The Bertz CT molecular complexity index is 1150. The molecule has 36 heavy (non-hydrogen) atoms. The van der Waals surface area contributed by atoms with Crippen molar-refractivity contribution in [1.82, 2.24) is 10.2 Å². The zero-order valence-corrected chi connectivity index (χ0v) is 21.6. The summed E-state index contributed by atoms with van der Waals surface area (Å²) < 4.78 is -0.710. The molecular weight excluding hydrogens is 474 g/mol. The number of fused-ring (bicyclic) bond motifs is 1. The van der Waals surface area contributed by atoms with Gasteiger partial charge in [0, 0.05) is 16.5 Å². The van der Waals surface area contributed by atoms with Gasteiger partial charge in [0.1, 0.15) is 6.04 Å². The van der Waals surface area contributed by atoms with Crippen LogP contribution in [0, 0.1) is 11.8 Å². The molecule has 3 amide bonds.